The van der Waals surface area contributed by atoms with Crippen molar-refractivity contribution >= 4 is 38.3 Å². The van der Waals surface area contributed by atoms with Gasteiger partial charge in [-0.2, -0.15) is 0 Å². The lowest BCUT2D eigenvalue weighted by molar-refractivity contribution is 0.0953. The van der Waals surface area contributed by atoms with E-state index in [0.717, 1.165) is 3.57 Å². The molecule has 0 saturated carbocycles. The Labute approximate surface area is 144 Å². The highest BCUT2D eigenvalue weighted by atomic mass is 127. The minimum absolute atomic E-state index is 0.0178. The molecule has 1 N–H and O–H groups in total. The highest BCUT2D eigenvalue weighted by Crippen LogP contribution is 2.11. The van der Waals surface area contributed by atoms with Crippen molar-refractivity contribution in [3.05, 3.63) is 63.7 Å². The summed E-state index contributed by atoms with van der Waals surface area (Å²) in [5.74, 6) is -0.169. The molecule has 0 atom stereocenters. The van der Waals surface area contributed by atoms with Crippen molar-refractivity contribution in [3.63, 3.8) is 0 Å². The topological polar surface area (TPSA) is 63.2 Å². The van der Waals surface area contributed by atoms with Crippen molar-refractivity contribution in [1.29, 1.82) is 0 Å². The summed E-state index contributed by atoms with van der Waals surface area (Å²) in [5, 5.41) is 2.74. The summed E-state index contributed by atoms with van der Waals surface area (Å²) in [6.07, 6.45) is 0.382. The first-order chi connectivity index (χ1) is 10.5. The van der Waals surface area contributed by atoms with Crippen LogP contribution >= 0.6 is 22.6 Å². The molecule has 2 rings (SSSR count). The van der Waals surface area contributed by atoms with E-state index in [2.05, 4.69) is 27.9 Å². The fourth-order valence-electron chi connectivity index (χ4n) is 1.91. The molecule has 0 aliphatic rings. The average molecular weight is 429 g/mol. The van der Waals surface area contributed by atoms with E-state index < -0.39 is 9.84 Å². The summed E-state index contributed by atoms with van der Waals surface area (Å²) in [7, 11) is -3.28. The lowest BCUT2D eigenvalue weighted by Gasteiger charge is -2.06. The molecule has 4 nitrogen and oxygen atoms in total. The van der Waals surface area contributed by atoms with Gasteiger partial charge in [0, 0.05) is 15.7 Å². The Morgan fingerprint density at radius 2 is 1.64 bits per heavy atom. The molecule has 2 aromatic carbocycles. The molecule has 0 unspecified atom stereocenters. The maximum atomic E-state index is 12.1. The average Bonchev–Trinajstić information content (AvgIpc) is 2.53. The number of carbonyl (C=O) groups is 1. The minimum Gasteiger partial charge on any atom is -0.352 e. The van der Waals surface area contributed by atoms with Crippen LogP contribution in [0.2, 0.25) is 0 Å². The molecule has 116 valence electrons. The predicted octanol–water partition coefficient (Wildman–Crippen LogP) is 2.89. The first kappa shape index (κ1) is 17.0. The summed E-state index contributed by atoms with van der Waals surface area (Å²) in [5.41, 5.74) is 0.575. The quantitative estimate of drug-likeness (QED) is 0.568. The maximum Gasteiger partial charge on any atom is 0.251 e. The van der Waals surface area contributed by atoms with E-state index in [9.17, 15) is 13.2 Å². The monoisotopic (exact) mass is 429 g/mol. The van der Waals surface area contributed by atoms with E-state index >= 15 is 0 Å². The minimum atomic E-state index is -3.28. The molecule has 0 radical (unpaired) electrons. The normalized spacial score (nSPS) is 11.1. The van der Waals surface area contributed by atoms with Gasteiger partial charge in [0.2, 0.25) is 0 Å². The summed E-state index contributed by atoms with van der Waals surface area (Å²) in [6, 6.07) is 15.6. The largest absolute Gasteiger partial charge is 0.352 e. The predicted molar refractivity (Wildman–Crippen MR) is 94.6 cm³/mol. The Bertz CT molecular complexity index is 728. The van der Waals surface area contributed by atoms with Crippen molar-refractivity contribution in [2.75, 3.05) is 12.3 Å². The Hall–Kier alpha value is -1.41. The fraction of sp³-hybridized carbons (Fsp3) is 0.188. The van der Waals surface area contributed by atoms with Crippen LogP contribution in [0.25, 0.3) is 0 Å². The van der Waals surface area contributed by atoms with Gasteiger partial charge in [0.05, 0.1) is 10.6 Å². The van der Waals surface area contributed by atoms with Gasteiger partial charge >= 0.3 is 0 Å². The molecular formula is C16H16INO3S. The smallest absolute Gasteiger partial charge is 0.251 e. The van der Waals surface area contributed by atoms with E-state index in [1.165, 1.54) is 0 Å². The lowest BCUT2D eigenvalue weighted by Crippen LogP contribution is -2.26. The van der Waals surface area contributed by atoms with Crippen molar-refractivity contribution in [1.82, 2.24) is 5.32 Å². The molecule has 0 aliphatic carbocycles. The number of halogens is 1. The van der Waals surface area contributed by atoms with E-state index in [1.54, 1.807) is 42.5 Å². The summed E-state index contributed by atoms with van der Waals surface area (Å²) in [6.45, 7) is 0.330. The molecular weight excluding hydrogens is 413 g/mol. The zero-order chi connectivity index (χ0) is 16.0. The van der Waals surface area contributed by atoms with Crippen LogP contribution in [0.15, 0.2) is 59.5 Å². The number of hydrogen-bond acceptors (Lipinski definition) is 3. The van der Waals surface area contributed by atoms with Crippen molar-refractivity contribution < 1.29 is 13.2 Å². The standard InChI is InChI=1S/C16H16INO3S/c17-14-9-7-13(8-10-14)16(19)18-11-4-12-22(20,21)15-5-2-1-3-6-15/h1-3,5-10H,4,11-12H2,(H,18,19). The fourth-order valence-corrected chi connectivity index (χ4v) is 3.60. The summed E-state index contributed by atoms with van der Waals surface area (Å²) in [4.78, 5) is 12.2. The SMILES string of the molecule is O=C(NCCCS(=O)(=O)c1ccccc1)c1ccc(I)cc1. The summed E-state index contributed by atoms with van der Waals surface area (Å²) < 4.78 is 25.2. The van der Waals surface area contributed by atoms with Crippen LogP contribution in [0.5, 0.6) is 0 Å². The van der Waals surface area contributed by atoms with Gasteiger partial charge in [-0.3, -0.25) is 4.79 Å². The zero-order valence-electron chi connectivity index (χ0n) is 11.8. The van der Waals surface area contributed by atoms with Gasteiger partial charge in [-0.05, 0) is 65.4 Å². The molecule has 0 saturated heterocycles. The van der Waals surface area contributed by atoms with Gasteiger partial charge < -0.3 is 5.32 Å². The first-order valence-electron chi connectivity index (χ1n) is 6.80. The Morgan fingerprint density at radius 3 is 2.27 bits per heavy atom. The van der Waals surface area contributed by atoms with Crippen molar-refractivity contribution in [3.8, 4) is 0 Å². The van der Waals surface area contributed by atoms with Crippen LogP contribution in [0, 0.1) is 3.57 Å². The highest BCUT2D eigenvalue weighted by molar-refractivity contribution is 14.1. The molecule has 6 heteroatoms. The molecule has 0 aliphatic heterocycles. The third-order valence-corrected chi connectivity index (χ3v) is 5.62. The number of carbonyl (C=O) groups excluding carboxylic acids is 1. The van der Waals surface area contributed by atoms with Gasteiger partial charge in [-0.15, -0.1) is 0 Å². The summed E-state index contributed by atoms with van der Waals surface area (Å²) >= 11 is 2.17. The second-order valence-corrected chi connectivity index (χ2v) is 8.10. The second kappa shape index (κ2) is 7.73. The Balaban J connectivity index is 1.82. The molecule has 2 aromatic rings. The lowest BCUT2D eigenvalue weighted by atomic mass is 10.2. The van der Waals surface area contributed by atoms with Crippen LogP contribution in [0.4, 0.5) is 0 Å². The Morgan fingerprint density at radius 1 is 1.00 bits per heavy atom. The van der Waals surface area contributed by atoms with Gasteiger partial charge in [0.15, 0.2) is 9.84 Å². The molecule has 0 spiro atoms. The number of benzene rings is 2. The van der Waals surface area contributed by atoms with Gasteiger partial charge in [-0.1, -0.05) is 18.2 Å². The van der Waals surface area contributed by atoms with Crippen LogP contribution in [0.1, 0.15) is 16.8 Å². The van der Waals surface area contributed by atoms with Crippen LogP contribution in [0.3, 0.4) is 0 Å². The number of nitrogens with one attached hydrogen (secondary N) is 1. The molecule has 0 aromatic heterocycles. The number of rotatable bonds is 6. The van der Waals surface area contributed by atoms with E-state index in [1.807, 2.05) is 12.1 Å². The third-order valence-electron chi connectivity index (χ3n) is 3.08. The molecule has 22 heavy (non-hydrogen) atoms. The number of hydrogen-bond donors (Lipinski definition) is 1. The van der Waals surface area contributed by atoms with E-state index in [4.69, 9.17) is 0 Å². The highest BCUT2D eigenvalue weighted by Gasteiger charge is 2.13. The van der Waals surface area contributed by atoms with Crippen LogP contribution in [-0.4, -0.2) is 26.6 Å². The van der Waals surface area contributed by atoms with E-state index in [-0.39, 0.29) is 11.7 Å². The van der Waals surface area contributed by atoms with Crippen molar-refractivity contribution in [2.45, 2.75) is 11.3 Å². The van der Waals surface area contributed by atoms with Crippen LogP contribution in [-0.2, 0) is 9.84 Å². The molecule has 0 heterocycles. The second-order valence-electron chi connectivity index (χ2n) is 4.75. The van der Waals surface area contributed by atoms with Crippen molar-refractivity contribution in [2.24, 2.45) is 0 Å². The van der Waals surface area contributed by atoms with E-state index in [0.29, 0.717) is 23.4 Å². The maximum absolute atomic E-state index is 12.1. The van der Waals surface area contributed by atoms with Crippen LogP contribution < -0.4 is 5.32 Å². The van der Waals surface area contributed by atoms with Gasteiger partial charge in [-0.25, -0.2) is 8.42 Å². The molecule has 0 fully saturated rings. The zero-order valence-corrected chi connectivity index (χ0v) is 14.8. The van der Waals surface area contributed by atoms with Gasteiger partial charge in [0.25, 0.3) is 5.91 Å². The van der Waals surface area contributed by atoms with Gasteiger partial charge in [0.1, 0.15) is 0 Å². The third kappa shape index (κ3) is 4.81. The number of sulfone groups is 1. The number of amides is 1. The molecule has 1 amide bonds. The Kier molecular flexibility index (Phi) is 5.96. The first-order valence-corrected chi connectivity index (χ1v) is 9.54. The molecule has 0 bridgehead atoms.